The lowest BCUT2D eigenvalue weighted by atomic mass is 9.81. The molecule has 3 unspecified atom stereocenters. The number of aromatic amines is 1. The van der Waals surface area contributed by atoms with E-state index in [0.29, 0.717) is 17.8 Å². The number of fused-ring (bicyclic) bond motifs is 3. The van der Waals surface area contributed by atoms with E-state index in [9.17, 15) is 0 Å². The fourth-order valence-corrected chi connectivity index (χ4v) is 3.82. The highest BCUT2D eigenvalue weighted by molar-refractivity contribution is 5.86. The Hall–Kier alpha value is -2.28. The Morgan fingerprint density at radius 3 is 2.36 bits per heavy atom. The first kappa shape index (κ1) is 13.4. The van der Waals surface area contributed by atoms with Crippen molar-refractivity contribution in [2.75, 3.05) is 0 Å². The molecule has 2 aromatic carbocycles. The van der Waals surface area contributed by atoms with Crippen LogP contribution in [0.4, 0.5) is 0 Å². The molecule has 0 bridgehead atoms. The number of rotatable bonds is 1. The molecular weight excluding hydrogens is 266 g/mol. The Morgan fingerprint density at radius 2 is 1.55 bits per heavy atom. The van der Waals surface area contributed by atoms with Crippen molar-refractivity contribution in [2.45, 2.75) is 25.7 Å². The van der Waals surface area contributed by atoms with E-state index in [1.807, 2.05) is 0 Å². The zero-order chi connectivity index (χ0) is 15.1. The standard InChI is InChI=1S/C21H21N/c1-14-12-13-15(2)21-20(17-10-6-7-11-18(17)22-21)19(14)16-8-4-3-5-9-16/h3-15,19,22H,1-2H3. The van der Waals surface area contributed by atoms with Crippen LogP contribution in [0.5, 0.6) is 0 Å². The monoisotopic (exact) mass is 287 g/mol. The largest absolute Gasteiger partial charge is 0.358 e. The summed E-state index contributed by atoms with van der Waals surface area (Å²) in [6, 6.07) is 19.6. The Kier molecular flexibility index (Phi) is 3.15. The second-order valence-corrected chi connectivity index (χ2v) is 6.42. The highest BCUT2D eigenvalue weighted by Gasteiger charge is 2.29. The maximum Gasteiger partial charge on any atom is 0.0459 e. The molecule has 1 heteroatoms. The zero-order valence-electron chi connectivity index (χ0n) is 13.1. The van der Waals surface area contributed by atoms with Gasteiger partial charge in [0.2, 0.25) is 0 Å². The van der Waals surface area contributed by atoms with Gasteiger partial charge in [0.05, 0.1) is 0 Å². The Labute approximate surface area is 131 Å². The summed E-state index contributed by atoms with van der Waals surface area (Å²) in [5.74, 6) is 1.33. The predicted octanol–water partition coefficient (Wildman–Crippen LogP) is 5.61. The van der Waals surface area contributed by atoms with E-state index in [1.165, 1.54) is 27.7 Å². The second kappa shape index (κ2) is 5.17. The number of aromatic nitrogens is 1. The highest BCUT2D eigenvalue weighted by Crippen LogP contribution is 2.43. The van der Waals surface area contributed by atoms with Crippen molar-refractivity contribution >= 4 is 10.9 Å². The topological polar surface area (TPSA) is 15.8 Å². The van der Waals surface area contributed by atoms with Crippen LogP contribution >= 0.6 is 0 Å². The van der Waals surface area contributed by atoms with Gasteiger partial charge in [-0.1, -0.05) is 74.5 Å². The summed E-state index contributed by atoms with van der Waals surface area (Å²) in [5, 5.41) is 1.37. The van der Waals surface area contributed by atoms with Crippen LogP contribution in [0.1, 0.15) is 42.5 Å². The highest BCUT2D eigenvalue weighted by atomic mass is 14.7. The summed E-state index contributed by atoms with van der Waals surface area (Å²) in [4.78, 5) is 3.67. The molecule has 1 aromatic heterocycles. The lowest BCUT2D eigenvalue weighted by Gasteiger charge is -2.22. The lowest BCUT2D eigenvalue weighted by molar-refractivity contribution is 0.629. The SMILES string of the molecule is CC1C=CC(C)C(c2ccccc2)c2c1[nH]c1ccccc21. The van der Waals surface area contributed by atoms with Crippen LogP contribution in [0.25, 0.3) is 10.9 Å². The molecule has 0 amide bonds. The van der Waals surface area contributed by atoms with Gasteiger partial charge in [-0.05, 0) is 23.1 Å². The predicted molar refractivity (Wildman–Crippen MR) is 93.3 cm³/mol. The van der Waals surface area contributed by atoms with Gasteiger partial charge in [-0.25, -0.2) is 0 Å². The van der Waals surface area contributed by atoms with Gasteiger partial charge < -0.3 is 4.98 Å². The molecule has 4 rings (SSSR count). The first-order valence-electron chi connectivity index (χ1n) is 8.09. The van der Waals surface area contributed by atoms with E-state index in [4.69, 9.17) is 0 Å². The minimum absolute atomic E-state index is 0.411. The molecule has 3 aromatic rings. The lowest BCUT2D eigenvalue weighted by Crippen LogP contribution is -2.09. The summed E-state index contributed by atoms with van der Waals surface area (Å²) >= 11 is 0. The third kappa shape index (κ3) is 2.00. The van der Waals surface area contributed by atoms with Gasteiger partial charge in [-0.15, -0.1) is 0 Å². The van der Waals surface area contributed by atoms with Crippen LogP contribution in [-0.2, 0) is 0 Å². The van der Waals surface area contributed by atoms with Crippen LogP contribution in [0.2, 0.25) is 0 Å². The number of nitrogens with one attached hydrogen (secondary N) is 1. The van der Waals surface area contributed by atoms with Crippen molar-refractivity contribution in [1.82, 2.24) is 4.98 Å². The van der Waals surface area contributed by atoms with Gasteiger partial charge in [-0.3, -0.25) is 0 Å². The van der Waals surface area contributed by atoms with Gasteiger partial charge in [0.1, 0.15) is 0 Å². The van der Waals surface area contributed by atoms with Gasteiger partial charge in [0, 0.05) is 28.4 Å². The molecule has 3 atom stereocenters. The molecule has 0 fully saturated rings. The van der Waals surface area contributed by atoms with E-state index in [2.05, 4.69) is 85.6 Å². The molecule has 0 aliphatic heterocycles. The van der Waals surface area contributed by atoms with Crippen molar-refractivity contribution in [2.24, 2.45) is 5.92 Å². The first-order valence-corrected chi connectivity index (χ1v) is 8.09. The second-order valence-electron chi connectivity index (χ2n) is 6.42. The van der Waals surface area contributed by atoms with E-state index < -0.39 is 0 Å². The number of benzene rings is 2. The third-order valence-corrected chi connectivity index (χ3v) is 4.93. The van der Waals surface area contributed by atoms with Crippen molar-refractivity contribution in [3.8, 4) is 0 Å². The minimum atomic E-state index is 0.411. The van der Waals surface area contributed by atoms with E-state index >= 15 is 0 Å². The summed E-state index contributed by atoms with van der Waals surface area (Å²) in [6.07, 6.45) is 4.73. The van der Waals surface area contributed by atoms with E-state index in [1.54, 1.807) is 0 Å². The summed E-state index contributed by atoms with van der Waals surface area (Å²) in [6.45, 7) is 4.61. The molecule has 1 aliphatic carbocycles. The van der Waals surface area contributed by atoms with Crippen molar-refractivity contribution < 1.29 is 0 Å². The maximum absolute atomic E-state index is 3.67. The van der Waals surface area contributed by atoms with Crippen LogP contribution in [-0.4, -0.2) is 4.98 Å². The molecule has 110 valence electrons. The van der Waals surface area contributed by atoms with Gasteiger partial charge >= 0.3 is 0 Å². The summed E-state index contributed by atoms with van der Waals surface area (Å²) in [5.41, 5.74) is 5.50. The Balaban J connectivity index is 2.03. The fraction of sp³-hybridized carbons (Fsp3) is 0.238. The number of hydrogen-bond acceptors (Lipinski definition) is 0. The molecule has 1 aliphatic rings. The van der Waals surface area contributed by atoms with E-state index in [-0.39, 0.29) is 0 Å². The van der Waals surface area contributed by atoms with Crippen molar-refractivity contribution in [3.63, 3.8) is 0 Å². The molecule has 22 heavy (non-hydrogen) atoms. The molecule has 0 spiro atoms. The summed E-state index contributed by atoms with van der Waals surface area (Å²) in [7, 11) is 0. The Bertz CT molecular complexity index is 825. The zero-order valence-corrected chi connectivity index (χ0v) is 13.1. The average Bonchev–Trinajstić information content (AvgIpc) is 2.88. The quantitative estimate of drug-likeness (QED) is 0.560. The van der Waals surface area contributed by atoms with Crippen LogP contribution in [0.3, 0.4) is 0 Å². The molecule has 1 nitrogen and oxygen atoms in total. The van der Waals surface area contributed by atoms with Crippen LogP contribution in [0.15, 0.2) is 66.7 Å². The number of allylic oxidation sites excluding steroid dienone is 2. The van der Waals surface area contributed by atoms with Gasteiger partial charge in [0.15, 0.2) is 0 Å². The molecular formula is C21H21N. The summed E-state index contributed by atoms with van der Waals surface area (Å²) < 4.78 is 0. The number of hydrogen-bond donors (Lipinski definition) is 1. The molecule has 1 heterocycles. The first-order chi connectivity index (χ1) is 10.8. The van der Waals surface area contributed by atoms with Gasteiger partial charge in [-0.2, -0.15) is 0 Å². The minimum Gasteiger partial charge on any atom is -0.358 e. The normalized spacial score (nSPS) is 24.2. The Morgan fingerprint density at radius 1 is 0.818 bits per heavy atom. The van der Waals surface area contributed by atoms with E-state index in [0.717, 1.165) is 0 Å². The molecule has 0 radical (unpaired) electrons. The van der Waals surface area contributed by atoms with Crippen molar-refractivity contribution in [3.05, 3.63) is 83.6 Å². The van der Waals surface area contributed by atoms with Crippen LogP contribution < -0.4 is 0 Å². The molecule has 0 saturated carbocycles. The smallest absolute Gasteiger partial charge is 0.0459 e. The fourth-order valence-electron chi connectivity index (χ4n) is 3.82. The third-order valence-electron chi connectivity index (χ3n) is 4.93. The molecule has 0 saturated heterocycles. The number of para-hydroxylation sites is 1. The maximum atomic E-state index is 3.67. The average molecular weight is 287 g/mol. The molecule has 1 N–H and O–H groups in total. The van der Waals surface area contributed by atoms with Gasteiger partial charge in [0.25, 0.3) is 0 Å². The van der Waals surface area contributed by atoms with Crippen LogP contribution in [0, 0.1) is 5.92 Å². The van der Waals surface area contributed by atoms with Crippen molar-refractivity contribution in [1.29, 1.82) is 0 Å². The number of H-pyrrole nitrogens is 1.